The summed E-state index contributed by atoms with van der Waals surface area (Å²) in [4.78, 5) is 15.5. The highest BCUT2D eigenvalue weighted by molar-refractivity contribution is 7.26. The summed E-state index contributed by atoms with van der Waals surface area (Å²) < 4.78 is 4.99. The summed E-state index contributed by atoms with van der Waals surface area (Å²) in [5.74, 6) is 1.97. The van der Waals surface area contributed by atoms with E-state index in [0.717, 1.165) is 27.8 Å². The molecule has 0 unspecified atom stereocenters. The van der Waals surface area contributed by atoms with Crippen LogP contribution in [0.3, 0.4) is 0 Å². The van der Waals surface area contributed by atoms with Crippen LogP contribution in [0.15, 0.2) is 170 Å². The fourth-order valence-electron chi connectivity index (χ4n) is 9.33. The first-order chi connectivity index (χ1) is 28.0. The normalized spacial score (nSPS) is 13.2. The molecule has 0 amide bonds. The minimum absolute atomic E-state index is 0.130. The maximum absolute atomic E-state index is 5.23. The van der Waals surface area contributed by atoms with Gasteiger partial charge in [0.25, 0.3) is 0 Å². The van der Waals surface area contributed by atoms with Crippen molar-refractivity contribution in [2.24, 2.45) is 0 Å². The van der Waals surface area contributed by atoms with Crippen LogP contribution in [0.25, 0.3) is 104 Å². The predicted molar refractivity (Wildman–Crippen MR) is 238 cm³/mol. The van der Waals surface area contributed by atoms with Crippen LogP contribution in [0.4, 0.5) is 0 Å². The smallest absolute Gasteiger partial charge is 0.164 e. The van der Waals surface area contributed by atoms with E-state index < -0.39 is 0 Å². The van der Waals surface area contributed by atoms with Crippen molar-refractivity contribution in [3.63, 3.8) is 0 Å². The number of thiophene rings is 1. The monoisotopic (exact) mass is 746 g/mol. The van der Waals surface area contributed by atoms with E-state index in [-0.39, 0.29) is 5.41 Å². The second-order valence-electron chi connectivity index (χ2n) is 15.6. The summed E-state index contributed by atoms with van der Waals surface area (Å²) in [5, 5.41) is 7.33. The molecule has 0 bridgehead atoms. The minimum Gasteiger partial charge on any atom is -0.307 e. The minimum atomic E-state index is -0.130. The Bertz CT molecular complexity index is 3370. The lowest BCUT2D eigenvalue weighted by molar-refractivity contribution is 0.661. The Kier molecular flexibility index (Phi) is 6.82. The summed E-state index contributed by atoms with van der Waals surface area (Å²) in [6, 6.07) is 61.0. The number of nitrogens with zero attached hydrogens (tertiary/aromatic N) is 4. The number of fused-ring (bicyclic) bond motifs is 11. The maximum Gasteiger partial charge on any atom is 0.164 e. The van der Waals surface area contributed by atoms with E-state index in [4.69, 9.17) is 15.0 Å². The van der Waals surface area contributed by atoms with Gasteiger partial charge in [-0.2, -0.15) is 0 Å². The Hall–Kier alpha value is -6.95. The Morgan fingerprint density at radius 3 is 1.88 bits per heavy atom. The van der Waals surface area contributed by atoms with Crippen LogP contribution >= 0.6 is 11.3 Å². The van der Waals surface area contributed by atoms with Gasteiger partial charge in [-0.05, 0) is 57.8 Å². The van der Waals surface area contributed by atoms with E-state index in [1.165, 1.54) is 69.6 Å². The molecular weight excluding hydrogens is 713 g/mol. The van der Waals surface area contributed by atoms with Crippen molar-refractivity contribution < 1.29 is 0 Å². The van der Waals surface area contributed by atoms with Gasteiger partial charge in [0.1, 0.15) is 0 Å². The molecule has 3 heterocycles. The summed E-state index contributed by atoms with van der Waals surface area (Å²) >= 11 is 1.84. The molecule has 0 radical (unpaired) electrons. The Labute approximate surface area is 333 Å². The maximum atomic E-state index is 5.23. The molecule has 268 valence electrons. The fraction of sp³-hybridized carbons (Fsp3) is 0.0577. The van der Waals surface area contributed by atoms with Gasteiger partial charge in [-0.3, -0.25) is 0 Å². The van der Waals surface area contributed by atoms with Crippen LogP contribution in [0.5, 0.6) is 0 Å². The van der Waals surface area contributed by atoms with E-state index in [1.807, 2.05) is 47.7 Å². The molecule has 5 heteroatoms. The Morgan fingerprint density at radius 2 is 1.12 bits per heavy atom. The molecule has 0 N–H and O–H groups in total. The standard InChI is InChI=1S/C52H34N4S/c1-52(2)40-23-13-11-21-36(40)46-41(52)27-25-35-39-29-33-19-9-10-20-34(33)30-43(39)56(47(35)46)42-28-26-38(45-37-22-12-14-24-44(37)57-48(42)45)51-54-49(31-15-5-3-6-16-31)53-50(55-51)32-17-7-4-8-18-32/h3-30H,1-2H3. The van der Waals surface area contributed by atoms with E-state index in [0.29, 0.717) is 17.5 Å². The molecule has 0 spiro atoms. The lowest BCUT2D eigenvalue weighted by Gasteiger charge is -2.21. The first-order valence-corrected chi connectivity index (χ1v) is 20.3. The number of aromatic nitrogens is 4. The van der Waals surface area contributed by atoms with Crippen molar-refractivity contribution in [3.8, 4) is 51.0 Å². The topological polar surface area (TPSA) is 43.6 Å². The van der Waals surface area contributed by atoms with E-state index in [9.17, 15) is 0 Å². The zero-order valence-electron chi connectivity index (χ0n) is 31.4. The van der Waals surface area contributed by atoms with Crippen LogP contribution in [-0.2, 0) is 5.41 Å². The van der Waals surface area contributed by atoms with Crippen LogP contribution < -0.4 is 0 Å². The molecule has 8 aromatic carbocycles. The second-order valence-corrected chi connectivity index (χ2v) is 16.6. The zero-order valence-corrected chi connectivity index (χ0v) is 32.2. The summed E-state index contributed by atoms with van der Waals surface area (Å²) in [7, 11) is 0. The van der Waals surface area contributed by atoms with Crippen molar-refractivity contribution in [2.45, 2.75) is 19.3 Å². The van der Waals surface area contributed by atoms with E-state index >= 15 is 0 Å². The number of hydrogen-bond acceptors (Lipinski definition) is 4. The van der Waals surface area contributed by atoms with Gasteiger partial charge in [0.05, 0.1) is 21.4 Å². The van der Waals surface area contributed by atoms with Gasteiger partial charge in [-0.25, -0.2) is 15.0 Å². The number of rotatable bonds is 4. The van der Waals surface area contributed by atoms with Crippen molar-refractivity contribution in [1.29, 1.82) is 0 Å². The number of hydrogen-bond donors (Lipinski definition) is 0. The van der Waals surface area contributed by atoms with E-state index in [2.05, 4.69) is 152 Å². The molecule has 0 aliphatic heterocycles. The van der Waals surface area contributed by atoms with Crippen LogP contribution in [0.1, 0.15) is 25.0 Å². The summed E-state index contributed by atoms with van der Waals surface area (Å²) in [5.41, 5.74) is 11.7. The number of benzene rings is 8. The first kappa shape index (κ1) is 32.3. The third-order valence-corrected chi connectivity index (χ3v) is 13.2. The molecule has 3 aromatic heterocycles. The highest BCUT2D eigenvalue weighted by Gasteiger charge is 2.38. The lowest BCUT2D eigenvalue weighted by atomic mass is 9.82. The molecular formula is C52H34N4S. The van der Waals surface area contributed by atoms with Gasteiger partial charge < -0.3 is 4.57 Å². The SMILES string of the molecule is CC1(C)c2ccccc2-c2c1ccc1c3cc4ccccc4cc3n(-c3ccc(-c4nc(-c5ccccc5)nc(-c5ccccc5)n4)c4c3sc3ccccc34)c21. The molecule has 57 heavy (non-hydrogen) atoms. The molecule has 12 rings (SSSR count). The molecule has 0 saturated carbocycles. The van der Waals surface area contributed by atoms with Crippen LogP contribution in [0, 0.1) is 0 Å². The summed E-state index contributed by atoms with van der Waals surface area (Å²) in [6.07, 6.45) is 0. The van der Waals surface area contributed by atoms with Crippen molar-refractivity contribution in [1.82, 2.24) is 19.5 Å². The average molecular weight is 747 g/mol. The van der Waals surface area contributed by atoms with Gasteiger partial charge in [0.2, 0.25) is 0 Å². The van der Waals surface area contributed by atoms with Gasteiger partial charge >= 0.3 is 0 Å². The first-order valence-electron chi connectivity index (χ1n) is 19.5. The Balaban J connectivity index is 1.21. The van der Waals surface area contributed by atoms with Gasteiger partial charge in [0.15, 0.2) is 17.5 Å². The van der Waals surface area contributed by atoms with Crippen molar-refractivity contribution >= 4 is 64.1 Å². The van der Waals surface area contributed by atoms with Crippen molar-refractivity contribution in [3.05, 3.63) is 181 Å². The van der Waals surface area contributed by atoms with Crippen LogP contribution in [-0.4, -0.2) is 19.5 Å². The van der Waals surface area contributed by atoms with Gasteiger partial charge in [0, 0.05) is 53.9 Å². The third kappa shape index (κ3) is 4.70. The molecule has 1 aliphatic carbocycles. The Morgan fingerprint density at radius 1 is 0.491 bits per heavy atom. The highest BCUT2D eigenvalue weighted by atomic mass is 32.1. The molecule has 0 fully saturated rings. The highest BCUT2D eigenvalue weighted by Crippen LogP contribution is 2.54. The molecule has 1 aliphatic rings. The third-order valence-electron chi connectivity index (χ3n) is 12.0. The molecule has 11 aromatic rings. The van der Waals surface area contributed by atoms with E-state index in [1.54, 1.807) is 0 Å². The lowest BCUT2D eigenvalue weighted by Crippen LogP contribution is -2.14. The molecule has 0 saturated heterocycles. The fourth-order valence-corrected chi connectivity index (χ4v) is 10.6. The quantitative estimate of drug-likeness (QED) is 0.180. The predicted octanol–water partition coefficient (Wildman–Crippen LogP) is 13.8. The summed E-state index contributed by atoms with van der Waals surface area (Å²) in [6.45, 7) is 4.73. The molecule has 4 nitrogen and oxygen atoms in total. The molecule has 0 atom stereocenters. The van der Waals surface area contributed by atoms with Crippen LogP contribution in [0.2, 0.25) is 0 Å². The zero-order chi connectivity index (χ0) is 37.8. The van der Waals surface area contributed by atoms with Gasteiger partial charge in [-0.15, -0.1) is 11.3 Å². The van der Waals surface area contributed by atoms with Gasteiger partial charge in [-0.1, -0.05) is 153 Å². The average Bonchev–Trinajstić information content (AvgIpc) is 3.89. The largest absolute Gasteiger partial charge is 0.307 e. The van der Waals surface area contributed by atoms with Crippen molar-refractivity contribution in [2.75, 3.05) is 0 Å². The second kappa shape index (κ2) is 12.0.